The number of aryl methyl sites for hydroxylation is 2. The maximum Gasteiger partial charge on any atom is 0.146 e. The molecule has 0 aliphatic rings. The Bertz CT molecular complexity index is 537. The Morgan fingerprint density at radius 3 is 2.65 bits per heavy atom. The number of rotatable bonds is 2. The van der Waals surface area contributed by atoms with Gasteiger partial charge >= 0.3 is 0 Å². The highest BCUT2D eigenvalue weighted by atomic mass is 19.1. The monoisotopic (exact) mass is 230 g/mol. The largest absolute Gasteiger partial charge is 0.319 e. The molecular formula is C14H15FN2. The highest BCUT2D eigenvalue weighted by Crippen LogP contribution is 2.23. The second-order valence-corrected chi connectivity index (χ2v) is 4.21. The van der Waals surface area contributed by atoms with Gasteiger partial charge in [-0.05, 0) is 37.1 Å². The lowest BCUT2D eigenvalue weighted by Gasteiger charge is -2.15. The SMILES string of the molecule is Cc1ccc(C(N)c2ncccc2F)c(C)c1. The maximum absolute atomic E-state index is 13.6. The molecule has 0 spiro atoms. The second kappa shape index (κ2) is 4.63. The highest BCUT2D eigenvalue weighted by Gasteiger charge is 2.16. The van der Waals surface area contributed by atoms with Crippen LogP contribution in [0.4, 0.5) is 4.39 Å². The first-order chi connectivity index (χ1) is 8.09. The molecule has 2 N–H and O–H groups in total. The Morgan fingerprint density at radius 2 is 2.00 bits per heavy atom. The third-order valence-corrected chi connectivity index (χ3v) is 2.84. The van der Waals surface area contributed by atoms with Gasteiger partial charge in [0, 0.05) is 6.20 Å². The van der Waals surface area contributed by atoms with Crippen LogP contribution in [0.1, 0.15) is 28.4 Å². The van der Waals surface area contributed by atoms with E-state index in [1.165, 1.54) is 11.6 Å². The van der Waals surface area contributed by atoms with Gasteiger partial charge in [0.15, 0.2) is 0 Å². The van der Waals surface area contributed by atoms with Crippen LogP contribution in [-0.4, -0.2) is 4.98 Å². The van der Waals surface area contributed by atoms with Crippen molar-refractivity contribution in [3.63, 3.8) is 0 Å². The molecule has 0 fully saturated rings. The van der Waals surface area contributed by atoms with Crippen LogP contribution in [0.5, 0.6) is 0 Å². The average molecular weight is 230 g/mol. The smallest absolute Gasteiger partial charge is 0.146 e. The van der Waals surface area contributed by atoms with Crippen LogP contribution in [0, 0.1) is 19.7 Å². The Morgan fingerprint density at radius 1 is 1.24 bits per heavy atom. The Kier molecular flexibility index (Phi) is 3.20. The Hall–Kier alpha value is -1.74. The van der Waals surface area contributed by atoms with E-state index in [2.05, 4.69) is 4.98 Å². The summed E-state index contributed by atoms with van der Waals surface area (Å²) in [6.07, 6.45) is 1.56. The number of benzene rings is 1. The van der Waals surface area contributed by atoms with E-state index >= 15 is 0 Å². The number of hydrogen-bond acceptors (Lipinski definition) is 2. The van der Waals surface area contributed by atoms with Crippen LogP contribution < -0.4 is 5.73 Å². The molecule has 1 aromatic heterocycles. The zero-order valence-electron chi connectivity index (χ0n) is 9.94. The fraction of sp³-hybridized carbons (Fsp3) is 0.214. The molecule has 2 rings (SSSR count). The van der Waals surface area contributed by atoms with Gasteiger partial charge in [-0.3, -0.25) is 4.98 Å². The zero-order chi connectivity index (χ0) is 12.4. The van der Waals surface area contributed by atoms with E-state index in [0.717, 1.165) is 11.1 Å². The molecule has 0 radical (unpaired) electrons. The molecule has 1 unspecified atom stereocenters. The minimum absolute atomic E-state index is 0.291. The summed E-state index contributed by atoms with van der Waals surface area (Å²) < 4.78 is 13.6. The summed E-state index contributed by atoms with van der Waals surface area (Å²) >= 11 is 0. The van der Waals surface area contributed by atoms with Crippen molar-refractivity contribution in [3.8, 4) is 0 Å². The maximum atomic E-state index is 13.6. The fourth-order valence-corrected chi connectivity index (χ4v) is 1.95. The molecule has 88 valence electrons. The molecule has 1 heterocycles. The summed E-state index contributed by atoms with van der Waals surface area (Å²) in [7, 11) is 0. The number of nitrogens with two attached hydrogens (primary N) is 1. The van der Waals surface area contributed by atoms with Crippen molar-refractivity contribution in [2.24, 2.45) is 5.73 Å². The molecule has 3 heteroatoms. The summed E-state index contributed by atoms with van der Waals surface area (Å²) in [5.41, 5.74) is 9.49. The molecule has 0 saturated heterocycles. The van der Waals surface area contributed by atoms with Gasteiger partial charge in [-0.2, -0.15) is 0 Å². The molecular weight excluding hydrogens is 215 g/mol. The van der Waals surface area contributed by atoms with E-state index in [1.807, 2.05) is 32.0 Å². The summed E-state index contributed by atoms with van der Waals surface area (Å²) in [4.78, 5) is 4.02. The second-order valence-electron chi connectivity index (χ2n) is 4.21. The topological polar surface area (TPSA) is 38.9 Å². The molecule has 0 aliphatic carbocycles. The van der Waals surface area contributed by atoms with Gasteiger partial charge in [0.05, 0.1) is 11.7 Å². The van der Waals surface area contributed by atoms with Crippen LogP contribution >= 0.6 is 0 Å². The molecule has 1 atom stereocenters. The van der Waals surface area contributed by atoms with Crippen molar-refractivity contribution >= 4 is 0 Å². The standard InChI is InChI=1S/C14H15FN2/c1-9-5-6-11(10(2)8-9)13(16)14-12(15)4-3-7-17-14/h3-8,13H,16H2,1-2H3. The number of halogens is 1. The first-order valence-corrected chi connectivity index (χ1v) is 5.52. The summed E-state index contributed by atoms with van der Waals surface area (Å²) in [6, 6.07) is 8.37. The van der Waals surface area contributed by atoms with Gasteiger partial charge in [0.1, 0.15) is 5.82 Å². The number of hydrogen-bond donors (Lipinski definition) is 1. The Balaban J connectivity index is 2.44. The molecule has 0 amide bonds. The van der Waals surface area contributed by atoms with Crippen LogP contribution in [0.15, 0.2) is 36.5 Å². The van der Waals surface area contributed by atoms with E-state index < -0.39 is 6.04 Å². The fourth-order valence-electron chi connectivity index (χ4n) is 1.95. The number of pyridine rings is 1. The van der Waals surface area contributed by atoms with E-state index in [4.69, 9.17) is 5.73 Å². The van der Waals surface area contributed by atoms with Crippen LogP contribution in [0.25, 0.3) is 0 Å². The predicted molar refractivity (Wildman–Crippen MR) is 66.1 cm³/mol. The van der Waals surface area contributed by atoms with E-state index in [9.17, 15) is 4.39 Å². The molecule has 2 aromatic rings. The quantitative estimate of drug-likeness (QED) is 0.861. The lowest BCUT2D eigenvalue weighted by atomic mass is 9.97. The third-order valence-electron chi connectivity index (χ3n) is 2.84. The lowest BCUT2D eigenvalue weighted by Crippen LogP contribution is -2.16. The van der Waals surface area contributed by atoms with Crippen molar-refractivity contribution in [2.75, 3.05) is 0 Å². The first kappa shape index (κ1) is 11.7. The van der Waals surface area contributed by atoms with E-state index in [0.29, 0.717) is 5.69 Å². The molecule has 1 aromatic carbocycles. The summed E-state index contributed by atoms with van der Waals surface area (Å²) in [6.45, 7) is 3.99. The first-order valence-electron chi connectivity index (χ1n) is 5.52. The van der Waals surface area contributed by atoms with Crippen LogP contribution in [0.2, 0.25) is 0 Å². The minimum atomic E-state index is -0.517. The molecule has 2 nitrogen and oxygen atoms in total. The zero-order valence-corrected chi connectivity index (χ0v) is 9.94. The van der Waals surface area contributed by atoms with Crippen LogP contribution in [0.3, 0.4) is 0 Å². The molecule has 0 aliphatic heterocycles. The van der Waals surface area contributed by atoms with Crippen molar-refractivity contribution in [1.29, 1.82) is 0 Å². The molecule has 17 heavy (non-hydrogen) atoms. The van der Waals surface area contributed by atoms with Gasteiger partial charge in [0.25, 0.3) is 0 Å². The third kappa shape index (κ3) is 2.34. The summed E-state index contributed by atoms with van der Waals surface area (Å²) in [5.74, 6) is -0.361. The number of aromatic nitrogens is 1. The molecule has 0 saturated carbocycles. The number of nitrogens with zero attached hydrogens (tertiary/aromatic N) is 1. The van der Waals surface area contributed by atoms with Crippen molar-refractivity contribution in [3.05, 3.63) is 64.7 Å². The summed E-state index contributed by atoms with van der Waals surface area (Å²) in [5, 5.41) is 0. The lowest BCUT2D eigenvalue weighted by molar-refractivity contribution is 0.586. The normalized spacial score (nSPS) is 12.5. The van der Waals surface area contributed by atoms with E-state index in [1.54, 1.807) is 12.3 Å². The van der Waals surface area contributed by atoms with Crippen molar-refractivity contribution in [2.45, 2.75) is 19.9 Å². The van der Waals surface area contributed by atoms with Gasteiger partial charge in [-0.1, -0.05) is 23.8 Å². The van der Waals surface area contributed by atoms with Gasteiger partial charge < -0.3 is 5.73 Å². The Labute approximate surface area is 100 Å². The minimum Gasteiger partial charge on any atom is -0.319 e. The average Bonchev–Trinajstić information content (AvgIpc) is 2.29. The van der Waals surface area contributed by atoms with Crippen molar-refractivity contribution in [1.82, 2.24) is 4.98 Å². The van der Waals surface area contributed by atoms with Gasteiger partial charge in [-0.25, -0.2) is 4.39 Å². The highest BCUT2D eigenvalue weighted by molar-refractivity contribution is 5.36. The van der Waals surface area contributed by atoms with Gasteiger partial charge in [0.2, 0.25) is 0 Å². The van der Waals surface area contributed by atoms with Gasteiger partial charge in [-0.15, -0.1) is 0 Å². The van der Waals surface area contributed by atoms with E-state index in [-0.39, 0.29) is 5.82 Å². The van der Waals surface area contributed by atoms with Crippen LogP contribution in [-0.2, 0) is 0 Å². The molecule has 0 bridgehead atoms. The predicted octanol–water partition coefficient (Wildman–Crippen LogP) is 2.89. The van der Waals surface area contributed by atoms with Crippen molar-refractivity contribution < 1.29 is 4.39 Å².